The minimum Gasteiger partial charge on any atom is -0.321 e. The van der Waals surface area contributed by atoms with E-state index in [2.05, 4.69) is 15.0 Å². The molecule has 3 aromatic rings. The first-order valence-electron chi connectivity index (χ1n) is 5.33. The van der Waals surface area contributed by atoms with Gasteiger partial charge in [-0.2, -0.15) is 0 Å². The molecule has 0 saturated heterocycles. The zero-order chi connectivity index (χ0) is 12.5. The molecule has 0 saturated carbocycles. The second-order valence-electron chi connectivity index (χ2n) is 3.84. The minimum absolute atomic E-state index is 0.141. The Morgan fingerprint density at radius 3 is 2.89 bits per heavy atom. The zero-order valence-corrected chi connectivity index (χ0v) is 9.98. The molecular weight excluding hydrogens is 250 g/mol. The van der Waals surface area contributed by atoms with Gasteiger partial charge < -0.3 is 4.98 Å². The van der Waals surface area contributed by atoms with E-state index in [-0.39, 0.29) is 5.56 Å². The Morgan fingerprint density at radius 2 is 2.06 bits per heavy atom. The number of aromatic amines is 1. The second-order valence-corrected chi connectivity index (χ2v) is 4.23. The van der Waals surface area contributed by atoms with Gasteiger partial charge in [0.25, 0.3) is 5.56 Å². The summed E-state index contributed by atoms with van der Waals surface area (Å²) in [5.74, 6) is 0. The molecule has 18 heavy (non-hydrogen) atoms. The molecule has 0 aliphatic rings. The Balaban J connectivity index is 2.28. The summed E-state index contributed by atoms with van der Waals surface area (Å²) in [5.41, 5.74) is 1.38. The molecule has 0 bridgehead atoms. The lowest BCUT2D eigenvalue weighted by Gasteiger charge is -2.03. The topological polar surface area (TPSA) is 58.6 Å². The van der Waals surface area contributed by atoms with E-state index in [1.807, 2.05) is 6.07 Å². The summed E-state index contributed by atoms with van der Waals surface area (Å²) in [4.78, 5) is 22.7. The van der Waals surface area contributed by atoms with Crippen LogP contribution in [0.4, 0.5) is 0 Å². The van der Waals surface area contributed by atoms with Crippen LogP contribution in [0.25, 0.3) is 22.0 Å². The number of halogens is 1. The van der Waals surface area contributed by atoms with Gasteiger partial charge in [0.05, 0.1) is 5.39 Å². The highest BCUT2D eigenvalue weighted by atomic mass is 35.5. The smallest absolute Gasteiger partial charge is 0.256 e. The van der Waals surface area contributed by atoms with E-state index in [4.69, 9.17) is 11.6 Å². The molecule has 0 aliphatic heterocycles. The van der Waals surface area contributed by atoms with Gasteiger partial charge in [-0.15, -0.1) is 0 Å². The largest absolute Gasteiger partial charge is 0.321 e. The van der Waals surface area contributed by atoms with E-state index in [9.17, 15) is 4.79 Å². The molecule has 0 unspecified atom stereocenters. The van der Waals surface area contributed by atoms with Crippen LogP contribution in [0.1, 0.15) is 0 Å². The van der Waals surface area contributed by atoms with Crippen LogP contribution in [0.5, 0.6) is 0 Å². The lowest BCUT2D eigenvalue weighted by molar-refractivity contribution is 1.25. The molecule has 3 rings (SSSR count). The SMILES string of the molecule is O=c1[nH]c(-c2ccnc(Cl)c2)cc2cnccc12. The molecule has 0 atom stereocenters. The van der Waals surface area contributed by atoms with E-state index in [1.165, 1.54) is 0 Å². The molecule has 4 nitrogen and oxygen atoms in total. The van der Waals surface area contributed by atoms with Gasteiger partial charge in [-0.25, -0.2) is 4.98 Å². The van der Waals surface area contributed by atoms with Crippen molar-refractivity contribution in [3.63, 3.8) is 0 Å². The number of aromatic nitrogens is 3. The van der Waals surface area contributed by atoms with Crippen LogP contribution in [-0.4, -0.2) is 15.0 Å². The van der Waals surface area contributed by atoms with E-state index in [0.29, 0.717) is 16.2 Å². The highest BCUT2D eigenvalue weighted by Gasteiger charge is 2.04. The number of rotatable bonds is 1. The Hall–Kier alpha value is -2.20. The highest BCUT2D eigenvalue weighted by Crippen LogP contribution is 2.20. The number of H-pyrrole nitrogens is 1. The van der Waals surface area contributed by atoms with E-state index in [1.54, 1.807) is 36.8 Å². The highest BCUT2D eigenvalue weighted by molar-refractivity contribution is 6.29. The molecule has 0 radical (unpaired) electrons. The molecule has 0 fully saturated rings. The number of nitrogens with zero attached hydrogens (tertiary/aromatic N) is 2. The van der Waals surface area contributed by atoms with Crippen LogP contribution in [0.2, 0.25) is 5.15 Å². The van der Waals surface area contributed by atoms with Gasteiger partial charge in [-0.1, -0.05) is 11.6 Å². The summed E-state index contributed by atoms with van der Waals surface area (Å²) in [7, 11) is 0. The second kappa shape index (κ2) is 4.23. The quantitative estimate of drug-likeness (QED) is 0.682. The van der Waals surface area contributed by atoms with Crippen molar-refractivity contribution < 1.29 is 0 Å². The lowest BCUT2D eigenvalue weighted by atomic mass is 10.1. The standard InChI is InChI=1S/C13H8ClN3O/c14-12-6-8(1-4-16-12)11-5-9-7-15-3-2-10(9)13(18)17-11/h1-7H,(H,17,18). The van der Waals surface area contributed by atoms with E-state index in [0.717, 1.165) is 10.9 Å². The maximum atomic E-state index is 11.9. The molecule has 0 aliphatic carbocycles. The Kier molecular flexibility index (Phi) is 2.57. The Labute approximate surface area is 107 Å². The van der Waals surface area contributed by atoms with Crippen LogP contribution in [0, 0.1) is 0 Å². The molecule has 88 valence electrons. The summed E-state index contributed by atoms with van der Waals surface area (Å²) < 4.78 is 0. The third kappa shape index (κ3) is 1.87. The third-order valence-electron chi connectivity index (χ3n) is 2.68. The first kappa shape index (κ1) is 10.9. The van der Waals surface area contributed by atoms with Gasteiger partial charge in [0.1, 0.15) is 5.15 Å². The van der Waals surface area contributed by atoms with Crippen molar-refractivity contribution in [1.82, 2.24) is 15.0 Å². The summed E-state index contributed by atoms with van der Waals surface area (Å²) in [5, 5.41) is 1.80. The van der Waals surface area contributed by atoms with Crippen molar-refractivity contribution in [3.05, 3.63) is 58.4 Å². The number of hydrogen-bond acceptors (Lipinski definition) is 3. The molecular formula is C13H8ClN3O. The fourth-order valence-electron chi connectivity index (χ4n) is 1.84. The minimum atomic E-state index is -0.141. The Morgan fingerprint density at radius 1 is 1.17 bits per heavy atom. The first-order chi connectivity index (χ1) is 8.74. The number of hydrogen-bond donors (Lipinski definition) is 1. The van der Waals surface area contributed by atoms with Crippen molar-refractivity contribution in [3.8, 4) is 11.3 Å². The average Bonchev–Trinajstić information content (AvgIpc) is 2.39. The predicted octanol–water partition coefficient (Wildman–Crippen LogP) is 2.64. The van der Waals surface area contributed by atoms with Crippen LogP contribution in [0.15, 0.2) is 47.7 Å². The summed E-state index contributed by atoms with van der Waals surface area (Å²) in [6.45, 7) is 0. The maximum absolute atomic E-state index is 11.9. The van der Waals surface area contributed by atoms with Gasteiger partial charge in [-0.05, 0) is 24.3 Å². The van der Waals surface area contributed by atoms with Gasteiger partial charge in [0.15, 0.2) is 0 Å². The van der Waals surface area contributed by atoms with Crippen molar-refractivity contribution in [2.45, 2.75) is 0 Å². The molecule has 3 heterocycles. The number of nitrogens with one attached hydrogen (secondary N) is 1. The van der Waals surface area contributed by atoms with Crippen molar-refractivity contribution in [2.24, 2.45) is 0 Å². The molecule has 5 heteroatoms. The van der Waals surface area contributed by atoms with Crippen LogP contribution >= 0.6 is 11.6 Å². The molecule has 1 N–H and O–H groups in total. The van der Waals surface area contributed by atoms with Gasteiger partial charge >= 0.3 is 0 Å². The van der Waals surface area contributed by atoms with Crippen molar-refractivity contribution >= 4 is 22.4 Å². The van der Waals surface area contributed by atoms with Crippen LogP contribution in [0.3, 0.4) is 0 Å². The fraction of sp³-hybridized carbons (Fsp3) is 0. The van der Waals surface area contributed by atoms with Gasteiger partial charge in [0.2, 0.25) is 0 Å². The van der Waals surface area contributed by atoms with Crippen LogP contribution in [-0.2, 0) is 0 Å². The molecule has 3 aromatic heterocycles. The molecule has 0 amide bonds. The van der Waals surface area contributed by atoms with Gasteiger partial charge in [0, 0.05) is 35.2 Å². The summed E-state index contributed by atoms with van der Waals surface area (Å²) in [6.07, 6.45) is 4.86. The summed E-state index contributed by atoms with van der Waals surface area (Å²) >= 11 is 5.84. The van der Waals surface area contributed by atoms with Crippen LogP contribution < -0.4 is 5.56 Å². The first-order valence-corrected chi connectivity index (χ1v) is 5.71. The lowest BCUT2D eigenvalue weighted by Crippen LogP contribution is -2.07. The monoisotopic (exact) mass is 257 g/mol. The van der Waals surface area contributed by atoms with E-state index >= 15 is 0 Å². The van der Waals surface area contributed by atoms with Crippen molar-refractivity contribution in [2.75, 3.05) is 0 Å². The number of pyridine rings is 3. The average molecular weight is 258 g/mol. The number of fused-ring (bicyclic) bond motifs is 1. The normalized spacial score (nSPS) is 10.7. The zero-order valence-electron chi connectivity index (χ0n) is 9.22. The van der Waals surface area contributed by atoms with E-state index < -0.39 is 0 Å². The maximum Gasteiger partial charge on any atom is 0.256 e. The van der Waals surface area contributed by atoms with Crippen molar-refractivity contribution in [1.29, 1.82) is 0 Å². The predicted molar refractivity (Wildman–Crippen MR) is 70.6 cm³/mol. The Bertz CT molecular complexity index is 782. The van der Waals surface area contributed by atoms with Gasteiger partial charge in [-0.3, -0.25) is 9.78 Å². The molecule has 0 aromatic carbocycles. The summed E-state index contributed by atoms with van der Waals surface area (Å²) in [6, 6.07) is 7.06. The third-order valence-corrected chi connectivity index (χ3v) is 2.89. The molecule has 0 spiro atoms. The fourth-order valence-corrected chi connectivity index (χ4v) is 2.01.